The zero-order chi connectivity index (χ0) is 13.5. The fraction of sp³-hybridized carbons (Fsp3) is 0.467. The first-order valence-corrected chi connectivity index (χ1v) is 6.85. The molecule has 1 saturated carbocycles. The summed E-state index contributed by atoms with van der Waals surface area (Å²) in [5.74, 6) is -0.333. The number of imide groups is 1. The highest BCUT2D eigenvalue weighted by Gasteiger charge is 2.36. The minimum Gasteiger partial charge on any atom is -0.325 e. The van der Waals surface area contributed by atoms with E-state index in [1.807, 2.05) is 0 Å². The molecule has 0 aromatic heterocycles. The molecule has 2 N–H and O–H groups in total. The molecule has 0 spiro atoms. The first-order chi connectivity index (χ1) is 9.11. The van der Waals surface area contributed by atoms with Crippen LogP contribution in [-0.4, -0.2) is 28.8 Å². The summed E-state index contributed by atoms with van der Waals surface area (Å²) in [6.45, 7) is 0.477. The summed E-state index contributed by atoms with van der Waals surface area (Å²) in [4.78, 5) is 25.6. The minimum absolute atomic E-state index is 0.0430. The Morgan fingerprint density at radius 1 is 1.11 bits per heavy atom. The number of amides is 2. The fourth-order valence-electron chi connectivity index (χ4n) is 2.91. The third-order valence-corrected chi connectivity index (χ3v) is 4.28. The van der Waals surface area contributed by atoms with Crippen molar-refractivity contribution >= 4 is 11.8 Å². The number of carbonyl (C=O) groups is 2. The van der Waals surface area contributed by atoms with Gasteiger partial charge in [0.2, 0.25) is 0 Å². The van der Waals surface area contributed by atoms with Crippen LogP contribution in [0.4, 0.5) is 0 Å². The van der Waals surface area contributed by atoms with Crippen molar-refractivity contribution in [3.05, 3.63) is 35.4 Å². The summed E-state index contributed by atoms with van der Waals surface area (Å²) >= 11 is 0. The maximum absolute atomic E-state index is 12.1. The summed E-state index contributed by atoms with van der Waals surface area (Å²) in [5, 5.41) is 0. The van der Waals surface area contributed by atoms with Gasteiger partial charge in [-0.1, -0.05) is 12.1 Å². The summed E-state index contributed by atoms with van der Waals surface area (Å²) in [5.41, 5.74) is 7.16. The Morgan fingerprint density at radius 2 is 1.68 bits per heavy atom. The maximum Gasteiger partial charge on any atom is 0.261 e. The van der Waals surface area contributed by atoms with Crippen molar-refractivity contribution in [1.29, 1.82) is 0 Å². The van der Waals surface area contributed by atoms with Crippen LogP contribution in [0.25, 0.3) is 0 Å². The number of fused-ring (bicyclic) bond motifs is 1. The molecule has 0 bridgehead atoms. The Labute approximate surface area is 112 Å². The van der Waals surface area contributed by atoms with E-state index in [-0.39, 0.29) is 17.4 Å². The number of hydrogen-bond donors (Lipinski definition) is 1. The molecular formula is C15H18N2O2. The Morgan fingerprint density at radius 3 is 2.16 bits per heavy atom. The normalized spacial score (nSPS) is 20.4. The largest absolute Gasteiger partial charge is 0.325 e. The van der Waals surface area contributed by atoms with Crippen molar-refractivity contribution < 1.29 is 9.59 Å². The van der Waals surface area contributed by atoms with Crippen LogP contribution in [0.5, 0.6) is 0 Å². The molecule has 100 valence electrons. The quantitative estimate of drug-likeness (QED) is 0.839. The van der Waals surface area contributed by atoms with E-state index in [0.29, 0.717) is 17.7 Å². The smallest absolute Gasteiger partial charge is 0.261 e. The average molecular weight is 258 g/mol. The van der Waals surface area contributed by atoms with Crippen LogP contribution in [0, 0.1) is 0 Å². The van der Waals surface area contributed by atoms with Crippen LogP contribution < -0.4 is 5.73 Å². The van der Waals surface area contributed by atoms with Crippen LogP contribution in [0.3, 0.4) is 0 Å². The molecule has 1 fully saturated rings. The number of carbonyl (C=O) groups excluding carboxylic acids is 2. The lowest BCUT2D eigenvalue weighted by Crippen LogP contribution is -2.47. The molecule has 3 rings (SSSR count). The zero-order valence-corrected chi connectivity index (χ0v) is 10.9. The molecule has 1 heterocycles. The molecule has 2 aliphatic rings. The third-order valence-electron chi connectivity index (χ3n) is 4.28. The SMILES string of the molecule is NC1(CCCN2C(=O)c3ccccc3C2=O)CCC1. The molecule has 0 saturated heterocycles. The van der Waals surface area contributed by atoms with Crippen LogP contribution in [-0.2, 0) is 0 Å². The second kappa shape index (κ2) is 4.46. The Bertz CT molecular complexity index is 500. The fourth-order valence-corrected chi connectivity index (χ4v) is 2.91. The molecule has 0 atom stereocenters. The van der Waals surface area contributed by atoms with Crippen LogP contribution in [0.1, 0.15) is 52.8 Å². The predicted molar refractivity (Wildman–Crippen MR) is 71.8 cm³/mol. The second-order valence-corrected chi connectivity index (χ2v) is 5.63. The number of nitrogens with zero attached hydrogens (tertiary/aromatic N) is 1. The van der Waals surface area contributed by atoms with E-state index in [1.54, 1.807) is 24.3 Å². The molecule has 0 unspecified atom stereocenters. The van der Waals surface area contributed by atoms with Gasteiger partial charge in [0.15, 0.2) is 0 Å². The molecule has 1 aliphatic carbocycles. The van der Waals surface area contributed by atoms with Gasteiger partial charge in [0.25, 0.3) is 11.8 Å². The van der Waals surface area contributed by atoms with Gasteiger partial charge >= 0.3 is 0 Å². The topological polar surface area (TPSA) is 63.4 Å². The molecule has 0 radical (unpaired) electrons. The van der Waals surface area contributed by atoms with Gasteiger partial charge in [0, 0.05) is 12.1 Å². The second-order valence-electron chi connectivity index (χ2n) is 5.63. The summed E-state index contributed by atoms with van der Waals surface area (Å²) in [6.07, 6.45) is 5.01. The van der Waals surface area contributed by atoms with Gasteiger partial charge in [-0.3, -0.25) is 14.5 Å². The van der Waals surface area contributed by atoms with Crippen molar-refractivity contribution in [3.8, 4) is 0 Å². The molecule has 1 aromatic rings. The zero-order valence-electron chi connectivity index (χ0n) is 10.9. The highest BCUT2D eigenvalue weighted by atomic mass is 16.2. The van der Waals surface area contributed by atoms with Crippen molar-refractivity contribution in [2.75, 3.05) is 6.54 Å². The lowest BCUT2D eigenvalue weighted by molar-refractivity contribution is 0.0644. The van der Waals surface area contributed by atoms with E-state index in [1.165, 1.54) is 11.3 Å². The van der Waals surface area contributed by atoms with E-state index in [0.717, 1.165) is 25.7 Å². The Kier molecular flexibility index (Phi) is 2.90. The van der Waals surface area contributed by atoms with Crippen LogP contribution in [0.2, 0.25) is 0 Å². The lowest BCUT2D eigenvalue weighted by Gasteiger charge is -2.38. The maximum atomic E-state index is 12.1. The summed E-state index contributed by atoms with van der Waals surface area (Å²) in [6, 6.07) is 7.01. The lowest BCUT2D eigenvalue weighted by atomic mass is 9.75. The average Bonchev–Trinajstić information content (AvgIpc) is 2.62. The molecule has 19 heavy (non-hydrogen) atoms. The van der Waals surface area contributed by atoms with Gasteiger partial charge in [0.05, 0.1) is 11.1 Å². The molecular weight excluding hydrogens is 240 g/mol. The van der Waals surface area contributed by atoms with Gasteiger partial charge < -0.3 is 5.73 Å². The number of nitrogens with two attached hydrogens (primary N) is 1. The summed E-state index contributed by atoms with van der Waals surface area (Å²) in [7, 11) is 0. The van der Waals surface area contributed by atoms with Gasteiger partial charge in [0.1, 0.15) is 0 Å². The van der Waals surface area contributed by atoms with Gasteiger partial charge in [-0.05, 0) is 44.2 Å². The minimum atomic E-state index is -0.166. The first-order valence-electron chi connectivity index (χ1n) is 6.85. The Balaban J connectivity index is 1.64. The molecule has 2 amide bonds. The van der Waals surface area contributed by atoms with Gasteiger partial charge in [-0.2, -0.15) is 0 Å². The van der Waals surface area contributed by atoms with Crippen molar-refractivity contribution in [2.24, 2.45) is 5.73 Å². The van der Waals surface area contributed by atoms with Crippen LogP contribution in [0.15, 0.2) is 24.3 Å². The van der Waals surface area contributed by atoms with E-state index >= 15 is 0 Å². The molecule has 4 nitrogen and oxygen atoms in total. The molecule has 1 aliphatic heterocycles. The van der Waals surface area contributed by atoms with E-state index < -0.39 is 0 Å². The van der Waals surface area contributed by atoms with Crippen molar-refractivity contribution in [2.45, 2.75) is 37.6 Å². The number of rotatable bonds is 4. The Hall–Kier alpha value is -1.68. The van der Waals surface area contributed by atoms with Crippen molar-refractivity contribution in [3.63, 3.8) is 0 Å². The molecule has 1 aromatic carbocycles. The predicted octanol–water partition coefficient (Wildman–Crippen LogP) is 1.94. The van der Waals surface area contributed by atoms with Gasteiger partial charge in [-0.25, -0.2) is 0 Å². The van der Waals surface area contributed by atoms with Crippen molar-refractivity contribution in [1.82, 2.24) is 4.90 Å². The third kappa shape index (κ3) is 2.06. The highest BCUT2D eigenvalue weighted by molar-refractivity contribution is 6.21. The van der Waals surface area contributed by atoms with E-state index in [9.17, 15) is 9.59 Å². The number of benzene rings is 1. The summed E-state index contributed by atoms with van der Waals surface area (Å²) < 4.78 is 0. The van der Waals surface area contributed by atoms with Gasteiger partial charge in [-0.15, -0.1) is 0 Å². The molecule has 4 heteroatoms. The van der Waals surface area contributed by atoms with E-state index in [4.69, 9.17) is 5.73 Å². The number of hydrogen-bond acceptors (Lipinski definition) is 3. The first kappa shape index (κ1) is 12.4. The standard InChI is InChI=1S/C15H18N2O2/c16-15(7-3-8-15)9-4-10-17-13(18)11-5-1-2-6-12(11)14(17)19/h1-2,5-6H,3-4,7-10,16H2. The highest BCUT2D eigenvalue weighted by Crippen LogP contribution is 2.33. The van der Waals surface area contributed by atoms with E-state index in [2.05, 4.69) is 0 Å². The van der Waals surface area contributed by atoms with Crippen LogP contribution >= 0.6 is 0 Å². The monoisotopic (exact) mass is 258 g/mol.